The van der Waals surface area contributed by atoms with Crippen molar-refractivity contribution in [2.24, 2.45) is 0 Å². The summed E-state index contributed by atoms with van der Waals surface area (Å²) in [6, 6.07) is 4.74. The summed E-state index contributed by atoms with van der Waals surface area (Å²) in [6.45, 7) is 2.70. The van der Waals surface area contributed by atoms with Gasteiger partial charge in [-0.1, -0.05) is 17.7 Å². The summed E-state index contributed by atoms with van der Waals surface area (Å²) in [6.07, 6.45) is 0. The van der Waals surface area contributed by atoms with E-state index in [9.17, 15) is 4.39 Å². The van der Waals surface area contributed by atoms with E-state index in [2.05, 4.69) is 25.6 Å². The van der Waals surface area contributed by atoms with Gasteiger partial charge in [0.25, 0.3) is 0 Å². The van der Waals surface area contributed by atoms with Gasteiger partial charge in [-0.2, -0.15) is 15.0 Å². The van der Waals surface area contributed by atoms with Crippen molar-refractivity contribution in [3.05, 3.63) is 34.6 Å². The van der Waals surface area contributed by atoms with Gasteiger partial charge in [-0.05, 0) is 24.6 Å². The maximum atomic E-state index is 13.1. The number of anilines is 2. The molecule has 0 amide bonds. The van der Waals surface area contributed by atoms with Gasteiger partial charge in [-0.15, -0.1) is 0 Å². The van der Waals surface area contributed by atoms with Crippen LogP contribution in [0.1, 0.15) is 12.5 Å². The van der Waals surface area contributed by atoms with Gasteiger partial charge in [0.15, 0.2) is 0 Å². The molecule has 0 radical (unpaired) electrons. The zero-order chi connectivity index (χ0) is 15.2. The molecule has 6 nitrogen and oxygen atoms in total. The second-order valence-electron chi connectivity index (χ2n) is 4.05. The predicted octanol–water partition coefficient (Wildman–Crippen LogP) is 2.72. The van der Waals surface area contributed by atoms with Gasteiger partial charge < -0.3 is 15.4 Å². The molecule has 1 heterocycles. The second-order valence-corrected chi connectivity index (χ2v) is 4.46. The normalized spacial score (nSPS) is 10.3. The van der Waals surface area contributed by atoms with E-state index in [0.717, 1.165) is 5.56 Å². The molecule has 1 aromatic carbocycles. The van der Waals surface area contributed by atoms with Crippen LogP contribution in [0.3, 0.4) is 0 Å². The molecule has 112 valence electrons. The summed E-state index contributed by atoms with van der Waals surface area (Å²) in [5.74, 6) is 0.308. The predicted molar refractivity (Wildman–Crippen MR) is 79.3 cm³/mol. The van der Waals surface area contributed by atoms with E-state index in [1.165, 1.54) is 6.07 Å². The number of nitrogens with zero attached hydrogens (tertiary/aromatic N) is 3. The van der Waals surface area contributed by atoms with E-state index in [-0.39, 0.29) is 11.0 Å². The van der Waals surface area contributed by atoms with Crippen LogP contribution in [0.25, 0.3) is 0 Å². The molecule has 1 aromatic heterocycles. The number of nitrogens with one attached hydrogen (secondary N) is 2. The highest BCUT2D eigenvalue weighted by Crippen LogP contribution is 2.17. The maximum absolute atomic E-state index is 13.1. The molecule has 0 saturated heterocycles. The van der Waals surface area contributed by atoms with Gasteiger partial charge in [0.05, 0.1) is 11.6 Å². The highest BCUT2D eigenvalue weighted by molar-refractivity contribution is 6.30. The fourth-order valence-corrected chi connectivity index (χ4v) is 1.77. The summed E-state index contributed by atoms with van der Waals surface area (Å²) in [5, 5.41) is 5.93. The number of ether oxygens (including phenoxy) is 1. The van der Waals surface area contributed by atoms with Crippen molar-refractivity contribution in [3.8, 4) is 6.01 Å². The first kappa shape index (κ1) is 15.2. The van der Waals surface area contributed by atoms with Crippen molar-refractivity contribution in [3.63, 3.8) is 0 Å². The monoisotopic (exact) mass is 311 g/mol. The average molecular weight is 312 g/mol. The van der Waals surface area contributed by atoms with Gasteiger partial charge >= 0.3 is 6.01 Å². The number of benzene rings is 1. The van der Waals surface area contributed by atoms with Crippen LogP contribution < -0.4 is 15.4 Å². The van der Waals surface area contributed by atoms with Crippen LogP contribution in [-0.4, -0.2) is 28.6 Å². The third kappa shape index (κ3) is 4.16. The van der Waals surface area contributed by atoms with Crippen molar-refractivity contribution in [2.45, 2.75) is 13.5 Å². The standard InChI is InChI=1S/C13H15ClFN5O/c1-3-21-13-19-11(16-2)18-12(20-13)17-7-8-4-5-10(15)9(14)6-8/h4-6H,3,7H2,1-2H3,(H2,16,17,18,19,20). The summed E-state index contributed by atoms with van der Waals surface area (Å²) in [5.41, 5.74) is 0.811. The lowest BCUT2D eigenvalue weighted by Gasteiger charge is -2.09. The summed E-state index contributed by atoms with van der Waals surface area (Å²) < 4.78 is 18.4. The molecule has 2 aromatic rings. The number of aromatic nitrogens is 3. The molecule has 2 rings (SSSR count). The molecule has 0 atom stereocenters. The third-order valence-corrected chi connectivity index (χ3v) is 2.84. The zero-order valence-corrected chi connectivity index (χ0v) is 12.4. The van der Waals surface area contributed by atoms with Crippen LogP contribution in [0.5, 0.6) is 6.01 Å². The Balaban J connectivity index is 2.11. The van der Waals surface area contributed by atoms with Crippen LogP contribution in [0.4, 0.5) is 16.3 Å². The Morgan fingerprint density at radius 3 is 2.67 bits per heavy atom. The number of halogens is 2. The Bertz CT molecular complexity index is 626. The Morgan fingerprint density at radius 2 is 2.00 bits per heavy atom. The summed E-state index contributed by atoms with van der Waals surface area (Å²) in [4.78, 5) is 12.3. The van der Waals surface area contributed by atoms with Crippen molar-refractivity contribution in [2.75, 3.05) is 24.3 Å². The minimum absolute atomic E-state index is 0.0795. The molecule has 0 aliphatic carbocycles. The topological polar surface area (TPSA) is 72.0 Å². The summed E-state index contributed by atoms with van der Waals surface area (Å²) >= 11 is 5.74. The molecular weight excluding hydrogens is 297 g/mol. The van der Waals surface area contributed by atoms with Crippen molar-refractivity contribution >= 4 is 23.5 Å². The van der Waals surface area contributed by atoms with Crippen molar-refractivity contribution < 1.29 is 9.13 Å². The number of hydrogen-bond acceptors (Lipinski definition) is 6. The van der Waals surface area contributed by atoms with E-state index in [4.69, 9.17) is 16.3 Å². The molecule has 0 bridgehead atoms. The van der Waals surface area contributed by atoms with E-state index in [1.54, 1.807) is 19.2 Å². The average Bonchev–Trinajstić information content (AvgIpc) is 2.48. The highest BCUT2D eigenvalue weighted by Gasteiger charge is 2.07. The summed E-state index contributed by atoms with van der Waals surface area (Å²) in [7, 11) is 1.70. The molecule has 0 aliphatic rings. The van der Waals surface area contributed by atoms with Crippen LogP contribution in [-0.2, 0) is 6.54 Å². The molecule has 0 aliphatic heterocycles. The number of hydrogen-bond donors (Lipinski definition) is 2. The van der Waals surface area contributed by atoms with Gasteiger partial charge in [0.1, 0.15) is 5.82 Å². The molecular formula is C13H15ClFN5O. The van der Waals surface area contributed by atoms with Crippen LogP contribution in [0, 0.1) is 5.82 Å². The molecule has 21 heavy (non-hydrogen) atoms. The lowest BCUT2D eigenvalue weighted by molar-refractivity contribution is 0.312. The molecule has 0 unspecified atom stereocenters. The van der Waals surface area contributed by atoms with E-state index < -0.39 is 5.82 Å². The van der Waals surface area contributed by atoms with E-state index >= 15 is 0 Å². The molecule has 0 spiro atoms. The van der Waals surface area contributed by atoms with Crippen molar-refractivity contribution in [1.29, 1.82) is 0 Å². The second kappa shape index (κ2) is 7.03. The van der Waals surface area contributed by atoms with Gasteiger partial charge in [0.2, 0.25) is 11.9 Å². The van der Waals surface area contributed by atoms with E-state index in [1.807, 2.05) is 6.92 Å². The Kier molecular flexibility index (Phi) is 5.10. The third-order valence-electron chi connectivity index (χ3n) is 2.55. The Morgan fingerprint density at radius 1 is 1.24 bits per heavy atom. The zero-order valence-electron chi connectivity index (χ0n) is 11.7. The fraction of sp³-hybridized carbons (Fsp3) is 0.308. The largest absolute Gasteiger partial charge is 0.464 e. The van der Waals surface area contributed by atoms with Gasteiger partial charge in [0, 0.05) is 13.6 Å². The van der Waals surface area contributed by atoms with Crippen molar-refractivity contribution in [1.82, 2.24) is 15.0 Å². The smallest absolute Gasteiger partial charge is 0.323 e. The Hall–Kier alpha value is -2.15. The van der Waals surface area contributed by atoms with E-state index in [0.29, 0.717) is 25.0 Å². The molecule has 8 heteroatoms. The molecule has 0 fully saturated rings. The lowest BCUT2D eigenvalue weighted by Crippen LogP contribution is -2.09. The minimum Gasteiger partial charge on any atom is -0.464 e. The maximum Gasteiger partial charge on any atom is 0.323 e. The minimum atomic E-state index is -0.448. The van der Waals surface area contributed by atoms with Gasteiger partial charge in [-0.25, -0.2) is 4.39 Å². The molecule has 2 N–H and O–H groups in total. The molecule has 0 saturated carbocycles. The number of rotatable bonds is 6. The first-order valence-corrected chi connectivity index (χ1v) is 6.74. The fourth-order valence-electron chi connectivity index (χ4n) is 1.57. The van der Waals surface area contributed by atoms with Gasteiger partial charge in [-0.3, -0.25) is 0 Å². The Labute approximate surface area is 126 Å². The first-order chi connectivity index (χ1) is 10.1. The highest BCUT2D eigenvalue weighted by atomic mass is 35.5. The van der Waals surface area contributed by atoms with Crippen LogP contribution in [0.2, 0.25) is 5.02 Å². The lowest BCUT2D eigenvalue weighted by atomic mass is 10.2. The van der Waals surface area contributed by atoms with Crippen LogP contribution >= 0.6 is 11.6 Å². The quantitative estimate of drug-likeness (QED) is 0.854. The first-order valence-electron chi connectivity index (χ1n) is 6.36. The van der Waals surface area contributed by atoms with Crippen LogP contribution in [0.15, 0.2) is 18.2 Å². The SMILES string of the molecule is CCOc1nc(NC)nc(NCc2ccc(F)c(Cl)c2)n1.